The van der Waals surface area contributed by atoms with Crippen LogP contribution in [-0.2, 0) is 0 Å². The van der Waals surface area contributed by atoms with Crippen LogP contribution in [0.5, 0.6) is 0 Å². The van der Waals surface area contributed by atoms with Crippen LogP contribution in [0.4, 0.5) is 5.00 Å². The molecule has 28 heavy (non-hydrogen) atoms. The topological polar surface area (TPSA) is 42.0 Å². The molecule has 6 heteroatoms. The van der Waals surface area contributed by atoms with Crippen molar-refractivity contribution >= 4 is 55.6 Å². The van der Waals surface area contributed by atoms with Gasteiger partial charge in [-0.05, 0) is 61.6 Å². The second kappa shape index (κ2) is 8.07. The number of hydrogen-bond acceptors (Lipinski definition) is 5. The van der Waals surface area contributed by atoms with Crippen LogP contribution in [0.1, 0.15) is 27.7 Å². The van der Waals surface area contributed by atoms with Gasteiger partial charge in [-0.2, -0.15) is 0 Å². The van der Waals surface area contributed by atoms with Crippen LogP contribution < -0.4 is 5.32 Å². The molecule has 0 aliphatic rings. The van der Waals surface area contributed by atoms with Crippen LogP contribution in [0.25, 0.3) is 20.8 Å². The van der Waals surface area contributed by atoms with Gasteiger partial charge < -0.3 is 5.32 Å². The Hall–Kier alpha value is -2.15. The number of rotatable bonds is 5. The maximum Gasteiger partial charge on any atom is 0.256 e. The molecule has 1 N–H and O–H groups in total. The molecule has 4 aromatic rings. The number of aromatic nitrogens is 1. The lowest BCUT2D eigenvalue weighted by Gasteiger charge is -2.06. The molecule has 0 saturated heterocycles. The lowest BCUT2D eigenvalue weighted by atomic mass is 10.1. The molecule has 0 radical (unpaired) electrons. The first-order valence-electron chi connectivity index (χ1n) is 9.07. The zero-order valence-corrected chi connectivity index (χ0v) is 18.4. The van der Waals surface area contributed by atoms with Gasteiger partial charge in [0.05, 0.1) is 10.2 Å². The summed E-state index contributed by atoms with van der Waals surface area (Å²) in [6.45, 7) is 6.30. The quantitative estimate of drug-likeness (QED) is 0.350. The first-order chi connectivity index (χ1) is 13.6. The Balaban J connectivity index is 1.66. The largest absolute Gasteiger partial charge is 0.313 e. The Bertz CT molecular complexity index is 1110. The molecule has 3 nitrogen and oxygen atoms in total. The Kier molecular flexibility index (Phi) is 5.53. The minimum absolute atomic E-state index is 0.0864. The number of thioether (sulfide) groups is 1. The first-order valence-corrected chi connectivity index (χ1v) is 11.7. The molecule has 0 atom stereocenters. The highest BCUT2D eigenvalue weighted by atomic mass is 32.2. The van der Waals surface area contributed by atoms with Gasteiger partial charge in [-0.1, -0.05) is 19.1 Å². The van der Waals surface area contributed by atoms with E-state index in [0.717, 1.165) is 31.5 Å². The molecular weight excluding hydrogens is 404 g/mol. The summed E-state index contributed by atoms with van der Waals surface area (Å²) in [5.74, 6) is 0.932. The van der Waals surface area contributed by atoms with E-state index >= 15 is 0 Å². The summed E-state index contributed by atoms with van der Waals surface area (Å²) in [5.41, 5.74) is 3.87. The van der Waals surface area contributed by atoms with Gasteiger partial charge in [0.15, 0.2) is 0 Å². The molecule has 2 aromatic heterocycles. The second-order valence-electron chi connectivity index (χ2n) is 6.39. The minimum atomic E-state index is -0.0864. The molecule has 4 rings (SSSR count). The lowest BCUT2D eigenvalue weighted by Crippen LogP contribution is -2.11. The number of amides is 1. The average Bonchev–Trinajstić information content (AvgIpc) is 3.23. The van der Waals surface area contributed by atoms with E-state index in [4.69, 9.17) is 4.98 Å². The number of anilines is 1. The van der Waals surface area contributed by atoms with Gasteiger partial charge in [0.25, 0.3) is 5.91 Å². The van der Waals surface area contributed by atoms with Gasteiger partial charge in [0, 0.05) is 20.9 Å². The molecule has 142 valence electrons. The summed E-state index contributed by atoms with van der Waals surface area (Å²) >= 11 is 5.04. The smallest absolute Gasteiger partial charge is 0.256 e. The van der Waals surface area contributed by atoms with Crippen molar-refractivity contribution < 1.29 is 4.79 Å². The number of carbonyl (C=O) groups excluding carboxylic acids is 1. The molecule has 0 unspecified atom stereocenters. The standard InChI is InChI=1S/C22H20N2OS3/c1-4-26-16-11-9-15(10-12-16)20(25)24-22-19(13(2)14(3)27-22)21-23-17-7-5-6-8-18(17)28-21/h5-12H,4H2,1-3H3,(H,24,25). The molecule has 0 saturated carbocycles. The molecule has 0 fully saturated rings. The van der Waals surface area contributed by atoms with Crippen LogP contribution >= 0.6 is 34.4 Å². The van der Waals surface area contributed by atoms with E-state index in [9.17, 15) is 4.79 Å². The van der Waals surface area contributed by atoms with E-state index in [1.165, 1.54) is 15.3 Å². The summed E-state index contributed by atoms with van der Waals surface area (Å²) in [7, 11) is 0. The van der Waals surface area contributed by atoms with E-state index in [1.807, 2.05) is 42.5 Å². The monoisotopic (exact) mass is 424 g/mol. The minimum Gasteiger partial charge on any atom is -0.313 e. The number of thiazole rings is 1. The Morgan fingerprint density at radius 1 is 1.07 bits per heavy atom. The normalized spacial score (nSPS) is 11.1. The van der Waals surface area contributed by atoms with Crippen molar-refractivity contribution in [2.75, 3.05) is 11.1 Å². The highest BCUT2D eigenvalue weighted by Gasteiger charge is 2.20. The Morgan fingerprint density at radius 2 is 1.82 bits per heavy atom. The number of carbonyl (C=O) groups is 1. The molecule has 1 amide bonds. The maximum atomic E-state index is 12.8. The number of benzene rings is 2. The fraction of sp³-hybridized carbons (Fsp3) is 0.182. The van der Waals surface area contributed by atoms with E-state index in [1.54, 1.807) is 34.4 Å². The molecule has 0 spiro atoms. The zero-order valence-electron chi connectivity index (χ0n) is 15.9. The van der Waals surface area contributed by atoms with E-state index in [2.05, 4.69) is 32.2 Å². The van der Waals surface area contributed by atoms with Crippen molar-refractivity contribution in [1.82, 2.24) is 4.98 Å². The molecule has 0 aliphatic carbocycles. The molecule has 0 aliphatic heterocycles. The third-order valence-corrected chi connectivity index (χ3v) is 7.62. The predicted molar refractivity (Wildman–Crippen MR) is 123 cm³/mol. The summed E-state index contributed by atoms with van der Waals surface area (Å²) in [6, 6.07) is 15.9. The molecule has 2 aromatic carbocycles. The summed E-state index contributed by atoms with van der Waals surface area (Å²) < 4.78 is 1.15. The van der Waals surface area contributed by atoms with Crippen molar-refractivity contribution in [3.05, 3.63) is 64.5 Å². The van der Waals surface area contributed by atoms with Crippen LogP contribution in [0.2, 0.25) is 0 Å². The first kappa shape index (κ1) is 19.2. The van der Waals surface area contributed by atoms with Gasteiger partial charge in [-0.15, -0.1) is 34.4 Å². The highest BCUT2D eigenvalue weighted by molar-refractivity contribution is 7.99. The predicted octanol–water partition coefficient (Wildman–Crippen LogP) is 7.01. The fourth-order valence-corrected chi connectivity index (χ4v) is 5.85. The van der Waals surface area contributed by atoms with Crippen LogP contribution in [0.15, 0.2) is 53.4 Å². The van der Waals surface area contributed by atoms with Crippen molar-refractivity contribution in [3.63, 3.8) is 0 Å². The van der Waals surface area contributed by atoms with Crippen LogP contribution in [0, 0.1) is 13.8 Å². The van der Waals surface area contributed by atoms with Gasteiger partial charge in [-0.25, -0.2) is 4.98 Å². The SMILES string of the molecule is CCSc1ccc(C(=O)Nc2sc(C)c(C)c2-c2nc3ccccc3s2)cc1. The highest BCUT2D eigenvalue weighted by Crippen LogP contribution is 2.43. The fourth-order valence-electron chi connectivity index (χ4n) is 3.00. The second-order valence-corrected chi connectivity index (χ2v) is 9.98. The van der Waals surface area contributed by atoms with E-state index in [-0.39, 0.29) is 5.91 Å². The van der Waals surface area contributed by atoms with E-state index < -0.39 is 0 Å². The van der Waals surface area contributed by atoms with Gasteiger partial charge in [0.1, 0.15) is 10.0 Å². The Morgan fingerprint density at radius 3 is 2.54 bits per heavy atom. The summed E-state index contributed by atoms with van der Waals surface area (Å²) in [6.07, 6.45) is 0. The average molecular weight is 425 g/mol. The van der Waals surface area contributed by atoms with Gasteiger partial charge in [0.2, 0.25) is 0 Å². The number of thiophene rings is 1. The maximum absolute atomic E-state index is 12.8. The van der Waals surface area contributed by atoms with E-state index in [0.29, 0.717) is 5.56 Å². The number of nitrogens with one attached hydrogen (secondary N) is 1. The summed E-state index contributed by atoms with van der Waals surface area (Å²) in [4.78, 5) is 20.0. The molecule has 0 bridgehead atoms. The van der Waals surface area contributed by atoms with Crippen molar-refractivity contribution in [2.24, 2.45) is 0 Å². The summed E-state index contributed by atoms with van der Waals surface area (Å²) in [5, 5.41) is 4.94. The van der Waals surface area contributed by atoms with Crippen molar-refractivity contribution in [2.45, 2.75) is 25.7 Å². The number of fused-ring (bicyclic) bond motifs is 1. The zero-order chi connectivity index (χ0) is 19.7. The van der Waals surface area contributed by atoms with Gasteiger partial charge >= 0.3 is 0 Å². The molecule has 2 heterocycles. The number of aryl methyl sites for hydroxylation is 1. The van der Waals surface area contributed by atoms with Gasteiger partial charge in [-0.3, -0.25) is 4.79 Å². The van der Waals surface area contributed by atoms with Crippen molar-refractivity contribution in [1.29, 1.82) is 0 Å². The van der Waals surface area contributed by atoms with Crippen molar-refractivity contribution in [3.8, 4) is 10.6 Å². The number of hydrogen-bond donors (Lipinski definition) is 1. The van der Waals surface area contributed by atoms with Crippen LogP contribution in [0.3, 0.4) is 0 Å². The molecular formula is C22H20N2OS3. The number of para-hydroxylation sites is 1. The lowest BCUT2D eigenvalue weighted by molar-refractivity contribution is 0.102. The third-order valence-electron chi connectivity index (χ3n) is 4.55. The third kappa shape index (κ3) is 3.72. The Labute approximate surface area is 176 Å². The number of nitrogens with zero attached hydrogens (tertiary/aromatic N) is 1. The van der Waals surface area contributed by atoms with Crippen LogP contribution in [-0.4, -0.2) is 16.6 Å².